The van der Waals surface area contributed by atoms with Gasteiger partial charge in [-0.05, 0) is 36.5 Å². The van der Waals surface area contributed by atoms with Gasteiger partial charge < -0.3 is 9.84 Å². The van der Waals surface area contributed by atoms with Gasteiger partial charge in [0.25, 0.3) is 0 Å². The zero-order valence-corrected chi connectivity index (χ0v) is 8.96. The largest absolute Gasteiger partial charge is 0.494 e. The third-order valence-corrected chi connectivity index (χ3v) is 3.06. The first-order valence-corrected chi connectivity index (χ1v) is 5.11. The summed E-state index contributed by atoms with van der Waals surface area (Å²) in [6.07, 6.45) is 1.41. The van der Waals surface area contributed by atoms with Crippen molar-refractivity contribution in [2.45, 2.75) is 25.4 Å². The maximum Gasteiger partial charge on any atom is 0.165 e. The van der Waals surface area contributed by atoms with Gasteiger partial charge in [0.1, 0.15) is 0 Å². The Morgan fingerprint density at radius 1 is 1.47 bits per heavy atom. The van der Waals surface area contributed by atoms with Crippen molar-refractivity contribution >= 4 is 0 Å². The topological polar surface area (TPSA) is 29.5 Å². The Bertz CT molecular complexity index is 370. The number of rotatable bonds is 2. The molecule has 15 heavy (non-hydrogen) atoms. The van der Waals surface area contributed by atoms with Crippen LogP contribution in [0.3, 0.4) is 0 Å². The molecule has 1 fully saturated rings. The van der Waals surface area contributed by atoms with Crippen molar-refractivity contribution in [2.75, 3.05) is 7.11 Å². The van der Waals surface area contributed by atoms with Crippen LogP contribution in [0.5, 0.6) is 5.75 Å². The highest BCUT2D eigenvalue weighted by Crippen LogP contribution is 2.45. The fourth-order valence-corrected chi connectivity index (χ4v) is 2.28. The van der Waals surface area contributed by atoms with Gasteiger partial charge in [0.05, 0.1) is 12.7 Å². The third-order valence-electron chi connectivity index (χ3n) is 3.06. The van der Waals surface area contributed by atoms with Gasteiger partial charge in [0.2, 0.25) is 0 Å². The molecule has 1 aliphatic rings. The summed E-state index contributed by atoms with van der Waals surface area (Å²) in [7, 11) is 1.43. The lowest BCUT2D eigenvalue weighted by Crippen LogP contribution is -2.39. The molecule has 1 N–H and O–H groups in total. The number of ether oxygens (including phenoxy) is 1. The summed E-state index contributed by atoms with van der Waals surface area (Å²) >= 11 is 0. The van der Waals surface area contributed by atoms with Crippen molar-refractivity contribution in [3.63, 3.8) is 0 Å². The Kier molecular flexibility index (Phi) is 2.43. The average Bonchev–Trinajstić information content (AvgIpc) is 2.15. The molecular weight excluding hydrogens is 195 g/mol. The van der Waals surface area contributed by atoms with E-state index in [9.17, 15) is 9.50 Å². The highest BCUT2D eigenvalue weighted by molar-refractivity contribution is 5.33. The lowest BCUT2D eigenvalue weighted by molar-refractivity contribution is -0.0740. The minimum Gasteiger partial charge on any atom is -0.494 e. The Balaban J connectivity index is 2.27. The molecule has 0 aromatic heterocycles. The fourth-order valence-electron chi connectivity index (χ4n) is 2.28. The maximum atomic E-state index is 13.4. The molecule has 0 amide bonds. The molecule has 0 heterocycles. The fraction of sp³-hybridized carbons (Fsp3) is 0.500. The van der Waals surface area contributed by atoms with E-state index in [4.69, 9.17) is 4.74 Å². The van der Waals surface area contributed by atoms with Crippen LogP contribution in [-0.4, -0.2) is 12.2 Å². The first-order chi connectivity index (χ1) is 7.05. The van der Waals surface area contributed by atoms with E-state index in [-0.39, 0.29) is 5.75 Å². The lowest BCUT2D eigenvalue weighted by Gasteiger charge is -2.42. The van der Waals surface area contributed by atoms with Crippen LogP contribution in [-0.2, 0) is 5.60 Å². The highest BCUT2D eigenvalue weighted by Gasteiger charge is 2.41. The highest BCUT2D eigenvalue weighted by atomic mass is 19.1. The number of halogens is 1. The van der Waals surface area contributed by atoms with Crippen LogP contribution < -0.4 is 4.74 Å². The average molecular weight is 210 g/mol. The van der Waals surface area contributed by atoms with Gasteiger partial charge in [-0.3, -0.25) is 0 Å². The molecule has 2 nitrogen and oxygen atoms in total. The molecular formula is C12H15FO2. The van der Waals surface area contributed by atoms with Crippen LogP contribution in [0.1, 0.15) is 25.3 Å². The minimum atomic E-state index is -0.827. The molecule has 0 saturated heterocycles. The second-order valence-corrected chi connectivity index (χ2v) is 4.39. The first-order valence-electron chi connectivity index (χ1n) is 5.11. The number of hydrogen-bond donors (Lipinski definition) is 1. The molecule has 1 aromatic rings. The number of hydrogen-bond acceptors (Lipinski definition) is 2. The lowest BCUT2D eigenvalue weighted by atomic mass is 9.68. The van der Waals surface area contributed by atoms with E-state index in [2.05, 4.69) is 6.92 Å². The molecule has 0 radical (unpaired) electrons. The third kappa shape index (κ3) is 1.72. The van der Waals surface area contributed by atoms with Crippen molar-refractivity contribution in [3.05, 3.63) is 29.6 Å². The summed E-state index contributed by atoms with van der Waals surface area (Å²) in [5, 5.41) is 10.1. The Morgan fingerprint density at radius 2 is 2.13 bits per heavy atom. The molecule has 0 bridgehead atoms. The predicted molar refractivity (Wildman–Crippen MR) is 55.2 cm³/mol. The standard InChI is InChI=1S/C12H15FO2/c1-8-6-12(14,7-8)9-3-4-11(15-2)10(13)5-9/h3-5,8,14H,6-7H2,1-2H3. The van der Waals surface area contributed by atoms with Crippen molar-refractivity contribution in [2.24, 2.45) is 5.92 Å². The summed E-state index contributed by atoms with van der Waals surface area (Å²) in [6, 6.07) is 4.66. The number of aliphatic hydroxyl groups is 1. The first kappa shape index (κ1) is 10.4. The molecule has 1 saturated carbocycles. The Labute approximate surface area is 88.7 Å². The Hall–Kier alpha value is -1.09. The van der Waals surface area contributed by atoms with Gasteiger partial charge in [-0.15, -0.1) is 0 Å². The van der Waals surface area contributed by atoms with Crippen LogP contribution >= 0.6 is 0 Å². The Morgan fingerprint density at radius 3 is 2.60 bits per heavy atom. The summed E-state index contributed by atoms with van der Waals surface area (Å²) < 4.78 is 18.2. The van der Waals surface area contributed by atoms with Crippen molar-refractivity contribution < 1.29 is 14.2 Å². The monoisotopic (exact) mass is 210 g/mol. The van der Waals surface area contributed by atoms with Crippen molar-refractivity contribution in [3.8, 4) is 5.75 Å². The van der Waals surface area contributed by atoms with Gasteiger partial charge >= 0.3 is 0 Å². The van der Waals surface area contributed by atoms with Crippen LogP contribution in [0.4, 0.5) is 4.39 Å². The van der Waals surface area contributed by atoms with Gasteiger partial charge in [-0.25, -0.2) is 4.39 Å². The van der Waals surface area contributed by atoms with Crippen molar-refractivity contribution in [1.29, 1.82) is 0 Å². The van der Waals surface area contributed by atoms with Gasteiger partial charge in [-0.2, -0.15) is 0 Å². The van der Waals surface area contributed by atoms with E-state index in [0.717, 1.165) is 0 Å². The van der Waals surface area contributed by atoms with Gasteiger partial charge in [0.15, 0.2) is 11.6 Å². The maximum absolute atomic E-state index is 13.4. The SMILES string of the molecule is COc1ccc(C2(O)CC(C)C2)cc1F. The quantitative estimate of drug-likeness (QED) is 0.812. The van der Waals surface area contributed by atoms with E-state index in [1.54, 1.807) is 12.1 Å². The molecule has 0 aliphatic heterocycles. The van der Waals surface area contributed by atoms with Crippen LogP contribution in [0.25, 0.3) is 0 Å². The zero-order valence-electron chi connectivity index (χ0n) is 8.96. The van der Waals surface area contributed by atoms with Gasteiger partial charge in [0, 0.05) is 0 Å². The number of benzene rings is 1. The number of methoxy groups -OCH3 is 1. The molecule has 0 spiro atoms. The molecule has 1 aliphatic carbocycles. The summed E-state index contributed by atoms with van der Waals surface area (Å²) in [6.45, 7) is 2.08. The zero-order chi connectivity index (χ0) is 11.1. The van der Waals surface area contributed by atoms with Crippen molar-refractivity contribution in [1.82, 2.24) is 0 Å². The molecule has 0 atom stereocenters. The molecule has 82 valence electrons. The molecule has 3 heteroatoms. The van der Waals surface area contributed by atoms with Crippen LogP contribution in [0.15, 0.2) is 18.2 Å². The molecule has 2 rings (SSSR count). The van der Waals surface area contributed by atoms with E-state index in [1.807, 2.05) is 0 Å². The predicted octanol–water partition coefficient (Wildman–Crippen LogP) is 2.45. The van der Waals surface area contributed by atoms with Gasteiger partial charge in [-0.1, -0.05) is 13.0 Å². The second-order valence-electron chi connectivity index (χ2n) is 4.39. The second kappa shape index (κ2) is 3.49. The van der Waals surface area contributed by atoms with E-state index >= 15 is 0 Å². The minimum absolute atomic E-state index is 0.217. The van der Waals surface area contributed by atoms with E-state index in [1.165, 1.54) is 13.2 Å². The normalized spacial score (nSPS) is 29.7. The summed E-state index contributed by atoms with van der Waals surface area (Å²) in [4.78, 5) is 0. The van der Waals surface area contributed by atoms with Crippen LogP contribution in [0.2, 0.25) is 0 Å². The molecule has 0 unspecified atom stereocenters. The molecule has 1 aromatic carbocycles. The summed E-state index contributed by atoms with van der Waals surface area (Å²) in [5.41, 5.74) is -0.175. The van der Waals surface area contributed by atoms with E-state index in [0.29, 0.717) is 24.3 Å². The van der Waals surface area contributed by atoms with E-state index < -0.39 is 11.4 Å². The van der Waals surface area contributed by atoms with Crippen LogP contribution in [0, 0.1) is 11.7 Å². The smallest absolute Gasteiger partial charge is 0.165 e. The summed E-state index contributed by atoms with van der Waals surface area (Å²) in [5.74, 6) is 0.317.